The molecule has 1 aliphatic heterocycles. The molecule has 4 heterocycles. The molecule has 9 nitrogen and oxygen atoms in total. The summed E-state index contributed by atoms with van der Waals surface area (Å²) in [6, 6.07) is 10.3. The number of methoxy groups -OCH3 is 1. The summed E-state index contributed by atoms with van der Waals surface area (Å²) in [7, 11) is 1.66. The summed E-state index contributed by atoms with van der Waals surface area (Å²) in [4.78, 5) is 31.8. The van der Waals surface area contributed by atoms with E-state index in [0.717, 1.165) is 77.3 Å². The number of rotatable bonds is 5. The van der Waals surface area contributed by atoms with Gasteiger partial charge in [-0.1, -0.05) is 0 Å². The molecule has 1 atom stereocenters. The predicted molar refractivity (Wildman–Crippen MR) is 155 cm³/mol. The van der Waals surface area contributed by atoms with Gasteiger partial charge in [0.25, 0.3) is 0 Å². The molecule has 3 aromatic heterocycles. The summed E-state index contributed by atoms with van der Waals surface area (Å²) >= 11 is 0. The lowest BCUT2D eigenvalue weighted by molar-refractivity contribution is -0.00351. The zero-order chi connectivity index (χ0) is 28.2. The zero-order valence-electron chi connectivity index (χ0n) is 24.2. The Kier molecular flexibility index (Phi) is 6.55. The van der Waals surface area contributed by atoms with Crippen molar-refractivity contribution in [3.8, 4) is 17.0 Å². The van der Waals surface area contributed by atoms with E-state index in [-0.39, 0.29) is 18.2 Å². The number of hydrogen-bond donors (Lipinski definition) is 0. The van der Waals surface area contributed by atoms with Gasteiger partial charge >= 0.3 is 6.09 Å². The van der Waals surface area contributed by atoms with Gasteiger partial charge < -0.3 is 23.7 Å². The average Bonchev–Trinajstić information content (AvgIpc) is 3.51. The van der Waals surface area contributed by atoms with Crippen LogP contribution in [-0.4, -0.2) is 63.8 Å². The number of benzene rings is 1. The quantitative estimate of drug-likeness (QED) is 0.284. The standard InChI is InChI=1S/C31H37N5O4/c1-18-28-26(39-19(2)32-28)16-22(29(18)38-6)23-10-11-25-24(33-23)12-13-27(34-25)35-15-14-21(17-35)36(20-8-7-9-20)30(37)40-31(3,4)5/h10-13,16,20-21H,7-9,14-15,17H2,1-6H3. The number of carbonyl (C=O) groups excluding carboxylic acids is 1. The van der Waals surface area contributed by atoms with Gasteiger partial charge in [0.05, 0.1) is 29.9 Å². The maximum Gasteiger partial charge on any atom is 0.410 e. The van der Waals surface area contributed by atoms with Gasteiger partial charge in [0, 0.05) is 37.2 Å². The van der Waals surface area contributed by atoms with Crippen molar-refractivity contribution in [2.75, 3.05) is 25.1 Å². The van der Waals surface area contributed by atoms with Crippen LogP contribution in [0.25, 0.3) is 33.4 Å². The number of carbonyl (C=O) groups is 1. The van der Waals surface area contributed by atoms with Crippen LogP contribution < -0.4 is 9.64 Å². The third kappa shape index (κ3) is 4.82. The molecule has 1 aliphatic carbocycles. The highest BCUT2D eigenvalue weighted by Crippen LogP contribution is 2.38. The lowest BCUT2D eigenvalue weighted by Gasteiger charge is -2.41. The molecule has 1 aromatic carbocycles. The third-order valence-electron chi connectivity index (χ3n) is 7.94. The van der Waals surface area contributed by atoms with E-state index in [2.05, 4.69) is 9.88 Å². The predicted octanol–water partition coefficient (Wildman–Crippen LogP) is 6.43. The molecular formula is C31H37N5O4. The van der Waals surface area contributed by atoms with E-state index in [4.69, 9.17) is 23.9 Å². The van der Waals surface area contributed by atoms with Crippen LogP contribution in [0.2, 0.25) is 0 Å². The Hall–Kier alpha value is -3.88. The van der Waals surface area contributed by atoms with Crippen molar-refractivity contribution in [3.05, 3.63) is 41.8 Å². The molecule has 4 aromatic rings. The van der Waals surface area contributed by atoms with Gasteiger partial charge in [0.2, 0.25) is 0 Å². The van der Waals surface area contributed by atoms with E-state index in [1.54, 1.807) is 7.11 Å². The Labute approximate surface area is 234 Å². The van der Waals surface area contributed by atoms with Crippen LogP contribution in [0.15, 0.2) is 34.7 Å². The molecule has 40 heavy (non-hydrogen) atoms. The van der Waals surface area contributed by atoms with Crippen LogP contribution in [0.4, 0.5) is 10.6 Å². The summed E-state index contributed by atoms with van der Waals surface area (Å²) in [5, 5.41) is 0. The van der Waals surface area contributed by atoms with Crippen molar-refractivity contribution in [1.82, 2.24) is 19.9 Å². The number of pyridine rings is 2. The second kappa shape index (κ2) is 9.94. The Bertz CT molecular complexity index is 1590. The number of aromatic nitrogens is 3. The third-order valence-corrected chi connectivity index (χ3v) is 7.94. The highest BCUT2D eigenvalue weighted by molar-refractivity contribution is 5.89. The Balaban J connectivity index is 1.25. The summed E-state index contributed by atoms with van der Waals surface area (Å²) in [6.45, 7) is 11.2. The van der Waals surface area contributed by atoms with Crippen molar-refractivity contribution in [1.29, 1.82) is 0 Å². The fourth-order valence-electron chi connectivity index (χ4n) is 5.85. The molecule has 1 saturated heterocycles. The smallest absolute Gasteiger partial charge is 0.410 e. The molecule has 6 rings (SSSR count). The molecule has 0 bridgehead atoms. The monoisotopic (exact) mass is 543 g/mol. The topological polar surface area (TPSA) is 93.8 Å². The normalized spacial score (nSPS) is 17.9. The molecule has 1 amide bonds. The summed E-state index contributed by atoms with van der Waals surface area (Å²) in [5.74, 6) is 2.25. The highest BCUT2D eigenvalue weighted by Gasteiger charge is 2.40. The zero-order valence-corrected chi connectivity index (χ0v) is 24.2. The van der Waals surface area contributed by atoms with Crippen LogP contribution >= 0.6 is 0 Å². The van der Waals surface area contributed by atoms with Crippen LogP contribution in [0.1, 0.15) is 57.9 Å². The second-order valence-electron chi connectivity index (χ2n) is 11.9. The highest BCUT2D eigenvalue weighted by atomic mass is 16.6. The number of amides is 1. The minimum atomic E-state index is -0.509. The van der Waals surface area contributed by atoms with Crippen LogP contribution in [0.3, 0.4) is 0 Å². The van der Waals surface area contributed by atoms with Gasteiger partial charge in [-0.15, -0.1) is 0 Å². The Morgan fingerprint density at radius 1 is 1.02 bits per heavy atom. The maximum atomic E-state index is 13.1. The van der Waals surface area contributed by atoms with Gasteiger partial charge in [0.1, 0.15) is 22.7 Å². The van der Waals surface area contributed by atoms with E-state index in [0.29, 0.717) is 11.5 Å². The number of hydrogen-bond acceptors (Lipinski definition) is 8. The molecule has 1 saturated carbocycles. The van der Waals surface area contributed by atoms with Crippen molar-refractivity contribution < 1.29 is 18.7 Å². The summed E-state index contributed by atoms with van der Waals surface area (Å²) in [5.41, 5.74) is 5.20. The van der Waals surface area contributed by atoms with Crippen LogP contribution in [0, 0.1) is 13.8 Å². The first-order valence-corrected chi connectivity index (χ1v) is 14.1. The first-order valence-electron chi connectivity index (χ1n) is 14.1. The van der Waals surface area contributed by atoms with Crippen LogP contribution in [0.5, 0.6) is 5.75 Å². The number of anilines is 1. The molecule has 1 unspecified atom stereocenters. The summed E-state index contributed by atoms with van der Waals surface area (Å²) in [6.07, 6.45) is 3.96. The minimum Gasteiger partial charge on any atom is -0.496 e. The number of oxazole rings is 1. The molecule has 0 radical (unpaired) electrons. The minimum absolute atomic E-state index is 0.114. The second-order valence-corrected chi connectivity index (χ2v) is 11.9. The first kappa shape index (κ1) is 26.3. The molecule has 9 heteroatoms. The largest absolute Gasteiger partial charge is 0.496 e. The van der Waals surface area contributed by atoms with Crippen molar-refractivity contribution in [2.24, 2.45) is 0 Å². The molecule has 2 aliphatic rings. The number of fused-ring (bicyclic) bond motifs is 2. The lowest BCUT2D eigenvalue weighted by Crippen LogP contribution is -2.52. The van der Waals surface area contributed by atoms with Crippen molar-refractivity contribution in [2.45, 2.75) is 78.0 Å². The molecule has 2 fully saturated rings. The summed E-state index contributed by atoms with van der Waals surface area (Å²) < 4.78 is 17.4. The number of nitrogens with zero attached hydrogens (tertiary/aromatic N) is 5. The molecule has 0 N–H and O–H groups in total. The van der Waals surface area contributed by atoms with Crippen molar-refractivity contribution in [3.63, 3.8) is 0 Å². The van der Waals surface area contributed by atoms with E-state index in [1.165, 1.54) is 6.42 Å². The lowest BCUT2D eigenvalue weighted by atomic mass is 9.90. The fraction of sp³-hybridized carbons (Fsp3) is 0.484. The van der Waals surface area contributed by atoms with Gasteiger partial charge in [-0.25, -0.2) is 19.7 Å². The van der Waals surface area contributed by atoms with E-state index < -0.39 is 5.60 Å². The maximum absolute atomic E-state index is 13.1. The van der Waals surface area contributed by atoms with Gasteiger partial charge in [0.15, 0.2) is 11.5 Å². The van der Waals surface area contributed by atoms with Gasteiger partial charge in [-0.05, 0) is 83.7 Å². The molecule has 210 valence electrons. The van der Waals surface area contributed by atoms with Gasteiger partial charge in [-0.2, -0.15) is 0 Å². The van der Waals surface area contributed by atoms with E-state index >= 15 is 0 Å². The van der Waals surface area contributed by atoms with Gasteiger partial charge in [-0.3, -0.25) is 0 Å². The van der Waals surface area contributed by atoms with Crippen molar-refractivity contribution >= 4 is 34.0 Å². The first-order chi connectivity index (χ1) is 19.1. The molecular weight excluding hydrogens is 506 g/mol. The Morgan fingerprint density at radius 3 is 2.48 bits per heavy atom. The SMILES string of the molecule is COc1c(-c2ccc3nc(N4CCC(N(C(=O)OC(C)(C)C)C5CCC5)C4)ccc3n2)cc2oc(C)nc2c1C. The molecule has 0 spiro atoms. The van der Waals surface area contributed by atoms with E-state index in [9.17, 15) is 4.79 Å². The average molecular weight is 544 g/mol. The van der Waals surface area contributed by atoms with E-state index in [1.807, 2.05) is 69.9 Å². The van der Waals surface area contributed by atoms with Crippen LogP contribution in [-0.2, 0) is 4.74 Å². The number of aryl methyl sites for hydroxylation is 2. The fourth-order valence-corrected chi connectivity index (χ4v) is 5.85. The Morgan fingerprint density at radius 2 is 1.77 bits per heavy atom. The number of ether oxygens (including phenoxy) is 2.